The maximum atomic E-state index is 12.2. The first-order chi connectivity index (χ1) is 7.00. The van der Waals surface area contributed by atoms with E-state index in [2.05, 4.69) is 13.8 Å². The third-order valence-electron chi connectivity index (χ3n) is 4.03. The van der Waals surface area contributed by atoms with Crippen molar-refractivity contribution in [3.63, 3.8) is 0 Å². The van der Waals surface area contributed by atoms with Crippen molar-refractivity contribution in [3.8, 4) is 0 Å². The first kappa shape index (κ1) is 10.9. The molecule has 0 radical (unpaired) electrons. The minimum Gasteiger partial charge on any atom is -0.391 e. The van der Waals surface area contributed by atoms with Crippen molar-refractivity contribution in [1.29, 1.82) is 0 Å². The summed E-state index contributed by atoms with van der Waals surface area (Å²) in [6.45, 7) is 5.67. The van der Waals surface area contributed by atoms with Crippen LogP contribution in [0.4, 0.5) is 0 Å². The first-order valence-corrected chi connectivity index (χ1v) is 5.97. The molecule has 2 aliphatic rings. The van der Waals surface area contributed by atoms with E-state index in [1.165, 1.54) is 6.42 Å². The number of rotatable bonds is 1. The standard InChI is InChI=1S/C12H21NO2/c1-12(2)6-3-4-10(12)11(15)13-7-5-9(14)8-13/h9-10,14H,3-8H2,1-2H3/t9-,10?/m0/s1. The van der Waals surface area contributed by atoms with Gasteiger partial charge in [-0.25, -0.2) is 0 Å². The highest BCUT2D eigenvalue weighted by Gasteiger charge is 2.42. The molecule has 2 fully saturated rings. The van der Waals surface area contributed by atoms with Gasteiger partial charge >= 0.3 is 0 Å². The fourth-order valence-corrected chi connectivity index (χ4v) is 2.95. The third kappa shape index (κ3) is 2.03. The molecule has 1 aliphatic carbocycles. The summed E-state index contributed by atoms with van der Waals surface area (Å²) in [7, 11) is 0. The normalized spacial score (nSPS) is 34.7. The molecule has 15 heavy (non-hydrogen) atoms. The molecule has 0 aromatic carbocycles. The Labute approximate surface area is 91.5 Å². The van der Waals surface area contributed by atoms with E-state index in [4.69, 9.17) is 0 Å². The van der Waals surface area contributed by atoms with Crippen LogP contribution in [0.15, 0.2) is 0 Å². The summed E-state index contributed by atoms with van der Waals surface area (Å²) >= 11 is 0. The molecule has 0 bridgehead atoms. The highest BCUT2D eigenvalue weighted by atomic mass is 16.3. The lowest BCUT2D eigenvalue weighted by Gasteiger charge is -2.29. The molecule has 1 amide bonds. The number of hydrogen-bond acceptors (Lipinski definition) is 2. The second-order valence-corrected chi connectivity index (χ2v) is 5.66. The van der Waals surface area contributed by atoms with Gasteiger partial charge in [0.25, 0.3) is 0 Å². The van der Waals surface area contributed by atoms with Crippen molar-refractivity contribution in [2.45, 2.75) is 45.6 Å². The summed E-state index contributed by atoms with van der Waals surface area (Å²) in [6, 6.07) is 0. The fourth-order valence-electron chi connectivity index (χ4n) is 2.95. The number of likely N-dealkylation sites (tertiary alicyclic amines) is 1. The maximum absolute atomic E-state index is 12.2. The van der Waals surface area contributed by atoms with Gasteiger partial charge in [0.05, 0.1) is 6.10 Å². The Morgan fingerprint density at radius 2 is 2.13 bits per heavy atom. The van der Waals surface area contributed by atoms with Crippen LogP contribution in [0, 0.1) is 11.3 Å². The zero-order valence-corrected chi connectivity index (χ0v) is 9.70. The maximum Gasteiger partial charge on any atom is 0.226 e. The summed E-state index contributed by atoms with van der Waals surface area (Å²) in [5.74, 6) is 0.455. The molecule has 1 saturated carbocycles. The van der Waals surface area contributed by atoms with Gasteiger partial charge in [0.15, 0.2) is 0 Å². The Bertz CT molecular complexity index is 262. The molecule has 2 atom stereocenters. The second-order valence-electron chi connectivity index (χ2n) is 5.66. The lowest BCUT2D eigenvalue weighted by molar-refractivity contribution is -0.137. The predicted octanol–water partition coefficient (Wildman–Crippen LogP) is 1.41. The molecule has 86 valence electrons. The van der Waals surface area contributed by atoms with Gasteiger partial charge in [0.2, 0.25) is 5.91 Å². The summed E-state index contributed by atoms with van der Waals surface area (Å²) < 4.78 is 0. The predicted molar refractivity (Wildman–Crippen MR) is 58.3 cm³/mol. The average molecular weight is 211 g/mol. The molecular weight excluding hydrogens is 190 g/mol. The van der Waals surface area contributed by atoms with Gasteiger partial charge in [0.1, 0.15) is 0 Å². The Balaban J connectivity index is 2.02. The molecule has 1 heterocycles. The van der Waals surface area contributed by atoms with Crippen LogP contribution in [-0.2, 0) is 4.79 Å². The molecule has 1 unspecified atom stereocenters. The molecule has 1 N–H and O–H groups in total. The van der Waals surface area contributed by atoms with Crippen LogP contribution in [0.5, 0.6) is 0 Å². The van der Waals surface area contributed by atoms with Crippen molar-refractivity contribution >= 4 is 5.91 Å². The van der Waals surface area contributed by atoms with E-state index < -0.39 is 0 Å². The smallest absolute Gasteiger partial charge is 0.226 e. The van der Waals surface area contributed by atoms with Gasteiger partial charge in [-0.15, -0.1) is 0 Å². The lowest BCUT2D eigenvalue weighted by atomic mass is 9.81. The van der Waals surface area contributed by atoms with Crippen LogP contribution in [0.3, 0.4) is 0 Å². The van der Waals surface area contributed by atoms with Crippen molar-refractivity contribution in [3.05, 3.63) is 0 Å². The van der Waals surface area contributed by atoms with Crippen LogP contribution < -0.4 is 0 Å². The van der Waals surface area contributed by atoms with Gasteiger partial charge < -0.3 is 10.0 Å². The monoisotopic (exact) mass is 211 g/mol. The minimum absolute atomic E-state index is 0.157. The van der Waals surface area contributed by atoms with E-state index in [0.717, 1.165) is 25.8 Å². The Morgan fingerprint density at radius 3 is 2.60 bits per heavy atom. The third-order valence-corrected chi connectivity index (χ3v) is 4.03. The fraction of sp³-hybridized carbons (Fsp3) is 0.917. The number of carbonyl (C=O) groups is 1. The molecule has 3 nitrogen and oxygen atoms in total. The highest BCUT2D eigenvalue weighted by molar-refractivity contribution is 5.80. The Kier molecular flexibility index (Phi) is 2.75. The summed E-state index contributed by atoms with van der Waals surface area (Å²) in [5.41, 5.74) is 0.157. The van der Waals surface area contributed by atoms with E-state index in [1.54, 1.807) is 0 Å². The van der Waals surface area contributed by atoms with E-state index >= 15 is 0 Å². The van der Waals surface area contributed by atoms with Gasteiger partial charge in [-0.2, -0.15) is 0 Å². The highest BCUT2D eigenvalue weighted by Crippen LogP contribution is 2.43. The van der Waals surface area contributed by atoms with E-state index in [9.17, 15) is 9.90 Å². The van der Waals surface area contributed by atoms with Crippen LogP contribution in [0.2, 0.25) is 0 Å². The van der Waals surface area contributed by atoms with Crippen molar-refractivity contribution < 1.29 is 9.90 Å². The molecule has 0 spiro atoms. The topological polar surface area (TPSA) is 40.5 Å². The van der Waals surface area contributed by atoms with Crippen molar-refractivity contribution in [1.82, 2.24) is 4.90 Å². The van der Waals surface area contributed by atoms with Gasteiger partial charge in [-0.1, -0.05) is 20.3 Å². The number of nitrogens with zero attached hydrogens (tertiary/aromatic N) is 1. The number of aliphatic hydroxyl groups is 1. The number of hydrogen-bond donors (Lipinski definition) is 1. The zero-order valence-electron chi connectivity index (χ0n) is 9.70. The quantitative estimate of drug-likeness (QED) is 0.712. The minimum atomic E-state index is -0.293. The number of aliphatic hydroxyl groups excluding tert-OH is 1. The van der Waals surface area contributed by atoms with Crippen LogP contribution in [0.1, 0.15) is 39.5 Å². The van der Waals surface area contributed by atoms with Crippen LogP contribution in [-0.4, -0.2) is 35.1 Å². The van der Waals surface area contributed by atoms with Gasteiger partial charge in [-0.05, 0) is 24.7 Å². The Hall–Kier alpha value is -0.570. The zero-order chi connectivity index (χ0) is 11.1. The average Bonchev–Trinajstić information content (AvgIpc) is 2.70. The molecule has 1 aliphatic heterocycles. The summed E-state index contributed by atoms with van der Waals surface area (Å²) in [5, 5.41) is 9.43. The van der Waals surface area contributed by atoms with Gasteiger partial charge in [-0.3, -0.25) is 4.79 Å². The van der Waals surface area contributed by atoms with Crippen molar-refractivity contribution in [2.24, 2.45) is 11.3 Å². The number of β-amino-alcohol motifs (C(OH)–C–C–N with tert-alkyl or cyclic N) is 1. The lowest BCUT2D eigenvalue weighted by Crippen LogP contribution is -2.39. The molecule has 0 aromatic rings. The van der Waals surface area contributed by atoms with E-state index in [1.807, 2.05) is 4.90 Å². The largest absolute Gasteiger partial charge is 0.391 e. The molecule has 1 saturated heterocycles. The summed E-state index contributed by atoms with van der Waals surface area (Å²) in [4.78, 5) is 14.1. The van der Waals surface area contributed by atoms with Crippen molar-refractivity contribution in [2.75, 3.05) is 13.1 Å². The van der Waals surface area contributed by atoms with Gasteiger partial charge in [0, 0.05) is 19.0 Å². The number of amides is 1. The molecule has 0 aromatic heterocycles. The second kappa shape index (κ2) is 3.78. The number of carbonyl (C=O) groups excluding carboxylic acids is 1. The van der Waals surface area contributed by atoms with Crippen LogP contribution in [0.25, 0.3) is 0 Å². The molecular formula is C12H21NO2. The Morgan fingerprint density at radius 1 is 1.40 bits per heavy atom. The SMILES string of the molecule is CC1(C)CCCC1C(=O)N1CC[C@H](O)C1. The first-order valence-electron chi connectivity index (χ1n) is 5.97. The van der Waals surface area contributed by atoms with E-state index in [-0.39, 0.29) is 23.3 Å². The molecule has 3 heteroatoms. The summed E-state index contributed by atoms with van der Waals surface area (Å²) in [6.07, 6.45) is 3.80. The van der Waals surface area contributed by atoms with Crippen LogP contribution >= 0.6 is 0 Å². The van der Waals surface area contributed by atoms with E-state index in [0.29, 0.717) is 6.54 Å². The molecule has 2 rings (SSSR count).